The zero-order valence-electron chi connectivity index (χ0n) is 17.4. The number of urea groups is 1. The van der Waals surface area contributed by atoms with E-state index in [1.165, 1.54) is 4.90 Å². The molecule has 2 heterocycles. The number of nitrogens with two attached hydrogens (primary N) is 2. The second kappa shape index (κ2) is 11.0. The Kier molecular flexibility index (Phi) is 8.94. The van der Waals surface area contributed by atoms with Gasteiger partial charge < -0.3 is 31.7 Å². The van der Waals surface area contributed by atoms with E-state index >= 15 is 0 Å². The zero-order chi connectivity index (χ0) is 22.3. The number of ether oxygens (including phenoxy) is 1. The fraction of sp³-hybridized carbons (Fsp3) is 0.833. The molecule has 172 valence electrons. The highest BCUT2D eigenvalue weighted by atomic mass is 16.5. The number of rotatable bonds is 11. The Morgan fingerprint density at radius 3 is 2.57 bits per heavy atom. The molecule has 2 aliphatic heterocycles. The molecule has 0 aliphatic carbocycles. The van der Waals surface area contributed by atoms with Gasteiger partial charge in [-0.15, -0.1) is 0 Å². The van der Waals surface area contributed by atoms with Crippen LogP contribution in [-0.4, -0.2) is 109 Å². The lowest BCUT2D eigenvalue weighted by Crippen LogP contribution is -2.62. The molecule has 8 N–H and O–H groups in total. The summed E-state index contributed by atoms with van der Waals surface area (Å²) in [6, 6.07) is -0.645. The van der Waals surface area contributed by atoms with Crippen LogP contribution in [-0.2, 0) is 14.3 Å². The van der Waals surface area contributed by atoms with Gasteiger partial charge >= 0.3 is 6.03 Å². The number of hydrogen-bond donors (Lipinski definition) is 6. The van der Waals surface area contributed by atoms with Gasteiger partial charge in [0.15, 0.2) is 0 Å². The van der Waals surface area contributed by atoms with E-state index in [9.17, 15) is 24.6 Å². The Labute approximate surface area is 175 Å². The van der Waals surface area contributed by atoms with Crippen LogP contribution in [0.25, 0.3) is 0 Å². The van der Waals surface area contributed by atoms with Crippen LogP contribution in [0.4, 0.5) is 4.79 Å². The summed E-state index contributed by atoms with van der Waals surface area (Å²) in [6.07, 6.45) is -2.49. The third-order valence-corrected chi connectivity index (χ3v) is 5.47. The van der Waals surface area contributed by atoms with Crippen LogP contribution in [0.2, 0.25) is 0 Å². The van der Waals surface area contributed by atoms with E-state index in [4.69, 9.17) is 16.2 Å². The number of hydrogen-bond acceptors (Lipinski definition) is 9. The van der Waals surface area contributed by atoms with Crippen LogP contribution in [0.3, 0.4) is 0 Å². The first kappa shape index (κ1) is 24.4. The number of imide groups is 1. The van der Waals surface area contributed by atoms with Crippen molar-refractivity contribution in [3.8, 4) is 0 Å². The van der Waals surface area contributed by atoms with Gasteiger partial charge in [-0.25, -0.2) is 4.79 Å². The molecule has 30 heavy (non-hydrogen) atoms. The van der Waals surface area contributed by atoms with Crippen molar-refractivity contribution >= 4 is 17.8 Å². The normalized spacial score (nSPS) is 29.4. The summed E-state index contributed by atoms with van der Waals surface area (Å²) in [4.78, 5) is 40.5. The lowest BCUT2D eigenvalue weighted by molar-refractivity contribution is -0.141. The molecular formula is C18H34N6O6. The second-order valence-corrected chi connectivity index (χ2v) is 8.01. The lowest BCUT2D eigenvalue weighted by atomic mass is 9.83. The maximum atomic E-state index is 12.5. The second-order valence-electron chi connectivity index (χ2n) is 8.01. The van der Waals surface area contributed by atoms with E-state index in [1.54, 1.807) is 6.92 Å². The summed E-state index contributed by atoms with van der Waals surface area (Å²) in [5, 5.41) is 24.2. The van der Waals surface area contributed by atoms with E-state index < -0.39 is 35.8 Å². The van der Waals surface area contributed by atoms with Gasteiger partial charge in [0.1, 0.15) is 12.3 Å². The fourth-order valence-electron chi connectivity index (χ4n) is 3.75. The molecule has 0 spiro atoms. The number of carbonyl (C=O) groups is 3. The van der Waals surface area contributed by atoms with Crippen molar-refractivity contribution in [2.45, 2.75) is 38.2 Å². The lowest BCUT2D eigenvalue weighted by Gasteiger charge is -2.41. The molecular weight excluding hydrogens is 396 g/mol. The standard InChI is InChI=1S/C18H34N6O6/c1-18(9-14(27)21-4-7-23(5-2-19)6-3-20)11-24(17(29)22-16(18)28)15-8-12(26)13(10-25)30-15/h12-13,15,25-26H,2-11,19-20H2,1H3,(H,21,27)(H,22,28,29)/t12-,13+,15+,18?/m0/s1. The molecule has 2 aliphatic rings. The maximum absolute atomic E-state index is 12.5. The van der Waals surface area contributed by atoms with E-state index in [2.05, 4.69) is 10.6 Å². The molecule has 4 amide bonds. The number of amides is 4. The summed E-state index contributed by atoms with van der Waals surface area (Å²) in [6.45, 7) is 4.49. The molecule has 0 aromatic carbocycles. The average molecular weight is 431 g/mol. The van der Waals surface area contributed by atoms with Crippen molar-refractivity contribution in [3.63, 3.8) is 0 Å². The summed E-state index contributed by atoms with van der Waals surface area (Å²) in [7, 11) is 0. The van der Waals surface area contributed by atoms with Gasteiger partial charge in [0.2, 0.25) is 11.8 Å². The Morgan fingerprint density at radius 2 is 2.00 bits per heavy atom. The van der Waals surface area contributed by atoms with E-state index in [0.717, 1.165) is 0 Å². The molecule has 0 aromatic rings. The van der Waals surface area contributed by atoms with Gasteiger partial charge in [-0.2, -0.15) is 0 Å². The Bertz CT molecular complexity index is 616. The van der Waals surface area contributed by atoms with Crippen LogP contribution in [0.5, 0.6) is 0 Å². The number of aliphatic hydroxyl groups is 2. The van der Waals surface area contributed by atoms with Crippen LogP contribution in [0.15, 0.2) is 0 Å². The van der Waals surface area contributed by atoms with Crippen molar-refractivity contribution in [2.75, 3.05) is 52.4 Å². The van der Waals surface area contributed by atoms with E-state index in [1.807, 2.05) is 4.90 Å². The topological polar surface area (TPSA) is 183 Å². The highest BCUT2D eigenvalue weighted by Gasteiger charge is 2.48. The zero-order valence-corrected chi connectivity index (χ0v) is 17.4. The van der Waals surface area contributed by atoms with Crippen LogP contribution < -0.4 is 22.1 Å². The van der Waals surface area contributed by atoms with Crippen molar-refractivity contribution in [3.05, 3.63) is 0 Å². The molecule has 0 bridgehead atoms. The molecule has 12 heteroatoms. The SMILES string of the molecule is CC1(CC(=O)NCCN(CCN)CCN)CN([C@H]2C[C@H](O)[C@@H](CO)O2)C(=O)NC1=O. The first-order chi connectivity index (χ1) is 14.2. The molecule has 0 saturated carbocycles. The van der Waals surface area contributed by atoms with Crippen molar-refractivity contribution in [1.29, 1.82) is 0 Å². The van der Waals surface area contributed by atoms with E-state index in [-0.39, 0.29) is 31.9 Å². The minimum atomic E-state index is -1.15. The highest BCUT2D eigenvalue weighted by Crippen LogP contribution is 2.32. The van der Waals surface area contributed by atoms with Crippen molar-refractivity contribution in [1.82, 2.24) is 20.4 Å². The largest absolute Gasteiger partial charge is 0.394 e. The molecule has 0 aromatic heterocycles. The predicted molar refractivity (Wildman–Crippen MR) is 107 cm³/mol. The summed E-state index contributed by atoms with van der Waals surface area (Å²) < 4.78 is 5.53. The monoisotopic (exact) mass is 430 g/mol. The van der Waals surface area contributed by atoms with E-state index in [0.29, 0.717) is 39.3 Å². The van der Waals surface area contributed by atoms with Gasteiger partial charge in [0, 0.05) is 58.7 Å². The molecule has 2 fully saturated rings. The van der Waals surface area contributed by atoms with Gasteiger partial charge in [0.25, 0.3) is 0 Å². The van der Waals surface area contributed by atoms with Crippen LogP contribution >= 0.6 is 0 Å². The quantitative estimate of drug-likeness (QED) is 0.196. The third kappa shape index (κ3) is 6.09. The maximum Gasteiger partial charge on any atom is 0.326 e. The van der Waals surface area contributed by atoms with Crippen molar-refractivity contribution in [2.24, 2.45) is 16.9 Å². The number of nitrogens with one attached hydrogen (secondary N) is 2. The molecule has 2 saturated heterocycles. The minimum absolute atomic E-state index is 0.0346. The minimum Gasteiger partial charge on any atom is -0.394 e. The first-order valence-corrected chi connectivity index (χ1v) is 10.2. The molecule has 2 rings (SSSR count). The fourth-order valence-corrected chi connectivity index (χ4v) is 3.75. The number of nitrogens with zero attached hydrogens (tertiary/aromatic N) is 2. The van der Waals surface area contributed by atoms with Gasteiger partial charge in [0.05, 0.1) is 18.1 Å². The Hall–Kier alpha value is -1.83. The molecule has 4 atom stereocenters. The van der Waals surface area contributed by atoms with Crippen molar-refractivity contribution < 1.29 is 29.3 Å². The third-order valence-electron chi connectivity index (χ3n) is 5.47. The van der Waals surface area contributed by atoms with Gasteiger partial charge in [-0.05, 0) is 6.92 Å². The van der Waals surface area contributed by atoms with Crippen LogP contribution in [0, 0.1) is 5.41 Å². The van der Waals surface area contributed by atoms with Gasteiger partial charge in [-0.1, -0.05) is 0 Å². The van der Waals surface area contributed by atoms with Crippen LogP contribution in [0.1, 0.15) is 19.8 Å². The predicted octanol–water partition coefficient (Wildman–Crippen LogP) is -3.26. The highest BCUT2D eigenvalue weighted by molar-refractivity contribution is 6.01. The summed E-state index contributed by atoms with van der Waals surface area (Å²) >= 11 is 0. The molecule has 0 radical (unpaired) electrons. The summed E-state index contributed by atoms with van der Waals surface area (Å²) in [5.41, 5.74) is 9.97. The summed E-state index contributed by atoms with van der Waals surface area (Å²) in [5.74, 6) is -0.855. The first-order valence-electron chi connectivity index (χ1n) is 10.2. The average Bonchev–Trinajstić information content (AvgIpc) is 3.06. The number of aliphatic hydroxyl groups excluding tert-OH is 2. The molecule has 12 nitrogen and oxygen atoms in total. The Balaban J connectivity index is 1.92. The number of carbonyl (C=O) groups excluding carboxylic acids is 3. The molecule has 1 unspecified atom stereocenters. The smallest absolute Gasteiger partial charge is 0.326 e. The Morgan fingerprint density at radius 1 is 1.33 bits per heavy atom. The van der Waals surface area contributed by atoms with Gasteiger partial charge in [-0.3, -0.25) is 24.7 Å².